The van der Waals surface area contributed by atoms with E-state index in [0.717, 1.165) is 6.20 Å². The molecule has 1 aliphatic heterocycles. The van der Waals surface area contributed by atoms with Crippen LogP contribution in [0.1, 0.15) is 59.3 Å². The van der Waals surface area contributed by atoms with Gasteiger partial charge in [-0.25, -0.2) is 13.8 Å². The number of nitrogens with one attached hydrogen (secondary N) is 1. The van der Waals surface area contributed by atoms with Crippen LogP contribution in [0.4, 0.5) is 14.6 Å². The molecule has 3 heterocycles. The molecule has 0 bridgehead atoms. The Morgan fingerprint density at radius 2 is 1.86 bits per heavy atom. The molecule has 0 radical (unpaired) electrons. The normalized spacial score (nSPS) is 23.3. The molecule has 1 atom stereocenters. The van der Waals surface area contributed by atoms with Gasteiger partial charge in [0, 0.05) is 30.5 Å². The van der Waals surface area contributed by atoms with Crippen LogP contribution >= 0.6 is 11.6 Å². The van der Waals surface area contributed by atoms with E-state index in [1.165, 1.54) is 6.07 Å². The second-order valence-electron chi connectivity index (χ2n) is 9.44. The highest BCUT2D eigenvalue weighted by atomic mass is 35.5. The Morgan fingerprint density at radius 3 is 2.57 bits per heavy atom. The minimum atomic E-state index is -2.89. The second-order valence-corrected chi connectivity index (χ2v) is 9.88. The predicted octanol–water partition coefficient (Wildman–Crippen LogP) is 4.64. The van der Waals surface area contributed by atoms with Gasteiger partial charge in [-0.2, -0.15) is 0 Å². The van der Waals surface area contributed by atoms with E-state index in [9.17, 15) is 23.5 Å². The highest BCUT2D eigenvalue weighted by Crippen LogP contribution is 2.44. The van der Waals surface area contributed by atoms with Crippen LogP contribution in [-0.2, 0) is 10.4 Å². The summed E-state index contributed by atoms with van der Waals surface area (Å²) in [6.45, 7) is 0.381. The van der Waals surface area contributed by atoms with Crippen LogP contribution in [0.3, 0.4) is 0 Å². The summed E-state index contributed by atoms with van der Waals surface area (Å²) in [5, 5.41) is 14.5. The first kappa shape index (κ1) is 25.2. The average Bonchev–Trinajstić information content (AvgIpc) is 3.12. The van der Waals surface area contributed by atoms with E-state index < -0.39 is 29.5 Å². The molecule has 192 valence electrons. The number of carbonyl (C=O) groups is 2. The molecule has 1 aromatic carbocycles. The number of aromatic nitrogens is 2. The monoisotopic (exact) mass is 526 g/mol. The van der Waals surface area contributed by atoms with Crippen LogP contribution in [-0.4, -0.2) is 39.5 Å². The van der Waals surface area contributed by atoms with Gasteiger partial charge < -0.3 is 10.4 Å². The first-order valence-electron chi connectivity index (χ1n) is 12.1. The fraction of sp³-hybridized carbons (Fsp3) is 0.333. The Morgan fingerprint density at radius 1 is 1.14 bits per heavy atom. The van der Waals surface area contributed by atoms with Crippen molar-refractivity contribution in [3.63, 3.8) is 0 Å². The number of hydrogen-bond donors (Lipinski definition) is 2. The third-order valence-electron chi connectivity index (χ3n) is 7.14. The van der Waals surface area contributed by atoms with Crippen molar-refractivity contribution in [3.05, 3.63) is 88.3 Å². The number of pyridine rings is 2. The number of carbonyl (C=O) groups excluding carboxylic acids is 2. The van der Waals surface area contributed by atoms with Crippen LogP contribution in [0.5, 0.6) is 0 Å². The lowest BCUT2D eigenvalue weighted by Gasteiger charge is -2.32. The van der Waals surface area contributed by atoms with Gasteiger partial charge in [-0.15, -0.1) is 0 Å². The fourth-order valence-electron chi connectivity index (χ4n) is 5.25. The molecule has 0 saturated heterocycles. The Kier molecular flexibility index (Phi) is 6.92. The van der Waals surface area contributed by atoms with Crippen molar-refractivity contribution >= 4 is 29.2 Å². The number of aliphatic hydroxyl groups is 1. The van der Waals surface area contributed by atoms with Gasteiger partial charge in [0.05, 0.1) is 10.6 Å². The molecule has 7 nitrogen and oxygen atoms in total. The summed E-state index contributed by atoms with van der Waals surface area (Å²) < 4.78 is 26.6. The van der Waals surface area contributed by atoms with Crippen LogP contribution in [0, 0.1) is 5.92 Å². The molecule has 2 amide bonds. The number of alkyl halides is 2. The van der Waals surface area contributed by atoms with Gasteiger partial charge in [0.2, 0.25) is 0 Å². The molecular weight excluding hydrogens is 502 g/mol. The van der Waals surface area contributed by atoms with E-state index in [1.807, 2.05) is 6.07 Å². The third-order valence-corrected chi connectivity index (χ3v) is 7.34. The maximum atomic E-state index is 13.5. The number of nitrogens with zero attached hydrogens (tertiary/aromatic N) is 3. The van der Waals surface area contributed by atoms with E-state index in [4.69, 9.17) is 11.6 Å². The molecule has 1 saturated carbocycles. The number of hydrogen-bond acceptors (Lipinski definition) is 5. The summed E-state index contributed by atoms with van der Waals surface area (Å²) in [7, 11) is 0. The molecule has 1 unspecified atom stereocenters. The van der Waals surface area contributed by atoms with Crippen molar-refractivity contribution in [2.24, 2.45) is 5.92 Å². The van der Waals surface area contributed by atoms with Crippen molar-refractivity contribution in [2.75, 3.05) is 11.4 Å². The Bertz CT molecular complexity index is 1320. The van der Waals surface area contributed by atoms with Crippen molar-refractivity contribution in [3.8, 4) is 0 Å². The van der Waals surface area contributed by atoms with Crippen molar-refractivity contribution < 1.29 is 23.5 Å². The third kappa shape index (κ3) is 4.69. The first-order valence-corrected chi connectivity index (χ1v) is 12.5. The zero-order valence-electron chi connectivity index (χ0n) is 19.8. The maximum absolute atomic E-state index is 13.5. The molecule has 0 spiro atoms. The number of fused-ring (bicyclic) bond motifs is 1. The smallest absolute Gasteiger partial charge is 0.281 e. The molecule has 5 rings (SSSR count). The van der Waals surface area contributed by atoms with Gasteiger partial charge in [-0.3, -0.25) is 19.5 Å². The van der Waals surface area contributed by atoms with Crippen molar-refractivity contribution in [2.45, 2.75) is 43.8 Å². The summed E-state index contributed by atoms with van der Waals surface area (Å²) in [4.78, 5) is 35.8. The standard InChI is InChI=1S/C27H25ClF2N4O3/c28-18-13-20(22(23(29)30)32-14-18)25(35)33-19-10-8-16(9-11-19)15-34-24-21(7-4-12-31-24)27(37,26(34)36)17-5-2-1-3-6-17/h1-7,12-14,16,19,23,37H,8-11,15H2,(H,33,35). The topological polar surface area (TPSA) is 95.4 Å². The quantitative estimate of drug-likeness (QED) is 0.488. The lowest BCUT2D eigenvalue weighted by Crippen LogP contribution is -2.44. The van der Waals surface area contributed by atoms with E-state index >= 15 is 0 Å². The summed E-state index contributed by atoms with van der Waals surface area (Å²) in [5.74, 6) is -0.498. The number of halogens is 3. The van der Waals surface area contributed by atoms with Gasteiger partial charge in [0.15, 0.2) is 5.60 Å². The molecule has 37 heavy (non-hydrogen) atoms. The van der Waals surface area contributed by atoms with Gasteiger partial charge in [-0.05, 0) is 55.4 Å². The molecule has 1 aliphatic carbocycles. The predicted molar refractivity (Wildman–Crippen MR) is 133 cm³/mol. The largest absolute Gasteiger partial charge is 0.372 e. The van der Waals surface area contributed by atoms with Crippen LogP contribution in [0.15, 0.2) is 60.9 Å². The number of rotatable bonds is 6. The van der Waals surface area contributed by atoms with E-state index in [1.54, 1.807) is 47.5 Å². The molecule has 1 fully saturated rings. The molecule has 2 aliphatic rings. The second kappa shape index (κ2) is 10.1. The van der Waals surface area contributed by atoms with Gasteiger partial charge in [-0.1, -0.05) is 41.9 Å². The Balaban J connectivity index is 1.26. The zero-order chi connectivity index (χ0) is 26.2. The van der Waals surface area contributed by atoms with E-state index in [2.05, 4.69) is 15.3 Å². The molecule has 3 aromatic rings. The summed E-state index contributed by atoms with van der Waals surface area (Å²) in [5.41, 5.74) is -1.68. The molecule has 10 heteroatoms. The van der Waals surface area contributed by atoms with Crippen molar-refractivity contribution in [1.29, 1.82) is 0 Å². The highest BCUT2D eigenvalue weighted by molar-refractivity contribution is 6.30. The maximum Gasteiger partial charge on any atom is 0.281 e. The molecule has 2 aromatic heterocycles. The number of amides is 2. The van der Waals surface area contributed by atoms with Crippen LogP contribution in [0.2, 0.25) is 5.02 Å². The highest BCUT2D eigenvalue weighted by Gasteiger charge is 2.52. The first-order chi connectivity index (χ1) is 17.8. The van der Waals surface area contributed by atoms with Gasteiger partial charge in [0.25, 0.3) is 18.2 Å². The van der Waals surface area contributed by atoms with Gasteiger partial charge >= 0.3 is 0 Å². The number of anilines is 1. The lowest BCUT2D eigenvalue weighted by molar-refractivity contribution is -0.132. The average molecular weight is 527 g/mol. The minimum Gasteiger partial charge on any atom is -0.372 e. The fourth-order valence-corrected chi connectivity index (χ4v) is 5.40. The lowest BCUT2D eigenvalue weighted by atomic mass is 9.85. The zero-order valence-corrected chi connectivity index (χ0v) is 20.5. The molecule has 2 N–H and O–H groups in total. The van der Waals surface area contributed by atoms with Crippen LogP contribution < -0.4 is 10.2 Å². The molecular formula is C27H25ClF2N4O3. The Hall–Kier alpha value is -3.43. The van der Waals surface area contributed by atoms with Crippen LogP contribution in [0.25, 0.3) is 0 Å². The summed E-state index contributed by atoms with van der Waals surface area (Å²) in [6.07, 6.45) is 2.45. The van der Waals surface area contributed by atoms with E-state index in [-0.39, 0.29) is 22.5 Å². The summed E-state index contributed by atoms with van der Waals surface area (Å²) >= 11 is 5.87. The summed E-state index contributed by atoms with van der Waals surface area (Å²) in [6, 6.07) is 13.2. The minimum absolute atomic E-state index is 0.109. The Labute approximate surface area is 217 Å². The number of benzene rings is 1. The van der Waals surface area contributed by atoms with Crippen molar-refractivity contribution in [1.82, 2.24) is 15.3 Å². The van der Waals surface area contributed by atoms with E-state index in [0.29, 0.717) is 49.2 Å². The SMILES string of the molecule is O=C(NC1CCC(CN2C(=O)C(O)(c3ccccc3)c3cccnc32)CC1)c1cc(Cl)cnc1C(F)F. The van der Waals surface area contributed by atoms with Gasteiger partial charge in [0.1, 0.15) is 11.5 Å².